The van der Waals surface area contributed by atoms with Gasteiger partial charge in [0.1, 0.15) is 22.6 Å². The minimum absolute atomic E-state index is 0.0591. The number of thiophene rings is 1. The van der Waals surface area contributed by atoms with Gasteiger partial charge in [-0.3, -0.25) is 14.4 Å². The van der Waals surface area contributed by atoms with Crippen LogP contribution in [0.1, 0.15) is 53.1 Å². The molecule has 0 radical (unpaired) electrons. The summed E-state index contributed by atoms with van der Waals surface area (Å²) in [6, 6.07) is 14.1. The van der Waals surface area contributed by atoms with Gasteiger partial charge in [-0.25, -0.2) is 0 Å². The van der Waals surface area contributed by atoms with Crippen molar-refractivity contribution in [3.8, 4) is 10.8 Å². The molecule has 0 bridgehead atoms. The summed E-state index contributed by atoms with van der Waals surface area (Å²) < 4.78 is 2.15. The number of aromatic hydroxyl groups is 1. The van der Waals surface area contributed by atoms with E-state index in [4.69, 9.17) is 21.7 Å². The van der Waals surface area contributed by atoms with Crippen molar-refractivity contribution in [2.24, 2.45) is 4.99 Å². The van der Waals surface area contributed by atoms with E-state index < -0.39 is 0 Å². The molecule has 1 aliphatic heterocycles. The smallest absolute Gasteiger partial charge is 0.221 e. The number of nitrogens with one attached hydrogen (secondary N) is 1. The fourth-order valence-electron chi connectivity index (χ4n) is 3.84. The Bertz CT molecular complexity index is 1410. The first-order valence-electron chi connectivity index (χ1n) is 11.1. The summed E-state index contributed by atoms with van der Waals surface area (Å²) in [5.41, 5.74) is 5.20. The van der Waals surface area contributed by atoms with Gasteiger partial charge in [0.05, 0.1) is 5.71 Å². The SMILES string of the molecule is CC(=O)Nc1ccc(O)cc1.Cc1sc2c(c1C)C(c1ccc(Cl)cc1)=N[C@@H](C)c1nnc(C)n1-2. The quantitative estimate of drug-likeness (QED) is 0.317. The van der Waals surface area contributed by atoms with E-state index >= 15 is 0 Å². The van der Waals surface area contributed by atoms with Crippen LogP contribution in [0.4, 0.5) is 5.69 Å². The first-order valence-corrected chi connectivity index (χ1v) is 12.3. The third-order valence-electron chi connectivity index (χ3n) is 5.66. The number of carbonyl (C=O) groups excluding carboxylic acids is 1. The van der Waals surface area contributed by atoms with Gasteiger partial charge in [0, 0.05) is 33.6 Å². The average Bonchev–Trinajstić information content (AvgIpc) is 3.29. The van der Waals surface area contributed by atoms with Gasteiger partial charge in [0.2, 0.25) is 5.91 Å². The highest BCUT2D eigenvalue weighted by atomic mass is 35.5. The molecule has 0 saturated heterocycles. The molecule has 0 aliphatic carbocycles. The van der Waals surface area contributed by atoms with Crippen molar-refractivity contribution in [2.45, 2.75) is 40.7 Å². The van der Waals surface area contributed by atoms with Crippen LogP contribution in [0.15, 0.2) is 53.5 Å². The maximum Gasteiger partial charge on any atom is 0.221 e. The third kappa shape index (κ3) is 5.13. The van der Waals surface area contributed by atoms with Crippen LogP contribution in [0.5, 0.6) is 5.75 Å². The Morgan fingerprint density at radius 3 is 2.34 bits per heavy atom. The van der Waals surface area contributed by atoms with Crippen LogP contribution in [-0.2, 0) is 4.79 Å². The standard InChI is InChI=1S/C18H17ClN4S.C8H9NO2/c1-9-11(3)24-18-15(9)16(13-5-7-14(19)8-6-13)20-10(2)17-22-21-12(4)23(17)18;1-6(10)9-7-2-4-8(11)5-3-7/h5-8,10H,1-4H3;2-5,11H,1H3,(H,9,10)/t10-;/m0./s1. The number of rotatable bonds is 2. The first-order chi connectivity index (χ1) is 16.7. The molecule has 0 unspecified atom stereocenters. The Labute approximate surface area is 213 Å². The first kappa shape index (κ1) is 24.6. The molecule has 1 atom stereocenters. The molecule has 2 aromatic carbocycles. The van der Waals surface area contributed by atoms with Gasteiger partial charge in [-0.15, -0.1) is 21.5 Å². The number of anilines is 1. The zero-order chi connectivity index (χ0) is 25.3. The van der Waals surface area contributed by atoms with Crippen molar-refractivity contribution >= 4 is 40.2 Å². The maximum atomic E-state index is 10.5. The van der Waals surface area contributed by atoms with E-state index in [1.165, 1.54) is 35.1 Å². The summed E-state index contributed by atoms with van der Waals surface area (Å²) in [5.74, 6) is 1.86. The number of aromatic nitrogens is 3. The lowest BCUT2D eigenvalue weighted by molar-refractivity contribution is -0.114. The van der Waals surface area contributed by atoms with Gasteiger partial charge < -0.3 is 10.4 Å². The van der Waals surface area contributed by atoms with Crippen LogP contribution in [0.25, 0.3) is 5.00 Å². The highest BCUT2D eigenvalue weighted by Gasteiger charge is 2.29. The van der Waals surface area contributed by atoms with Gasteiger partial charge in [0.15, 0.2) is 5.82 Å². The molecule has 5 rings (SSSR count). The molecule has 3 heterocycles. The Hall–Kier alpha value is -3.49. The molecule has 4 aromatic rings. The molecule has 0 fully saturated rings. The number of carbonyl (C=O) groups is 1. The molecular weight excluding hydrogens is 482 g/mol. The topological polar surface area (TPSA) is 92.4 Å². The molecule has 2 aromatic heterocycles. The summed E-state index contributed by atoms with van der Waals surface area (Å²) in [4.78, 5) is 16.8. The summed E-state index contributed by atoms with van der Waals surface area (Å²) in [6.07, 6.45) is 0. The summed E-state index contributed by atoms with van der Waals surface area (Å²) in [5, 5.41) is 22.0. The maximum absolute atomic E-state index is 10.5. The molecule has 2 N–H and O–H groups in total. The van der Waals surface area contributed by atoms with E-state index in [2.05, 4.69) is 40.9 Å². The van der Waals surface area contributed by atoms with E-state index in [9.17, 15) is 4.79 Å². The van der Waals surface area contributed by atoms with Crippen LogP contribution in [0.3, 0.4) is 0 Å². The van der Waals surface area contributed by atoms with E-state index in [1.807, 2.05) is 31.2 Å². The second kappa shape index (κ2) is 10.0. The largest absolute Gasteiger partial charge is 0.508 e. The Kier molecular flexibility index (Phi) is 7.05. The van der Waals surface area contributed by atoms with Crippen molar-refractivity contribution < 1.29 is 9.90 Å². The van der Waals surface area contributed by atoms with Crippen LogP contribution in [-0.4, -0.2) is 31.5 Å². The Morgan fingerprint density at radius 2 is 1.71 bits per heavy atom. The van der Waals surface area contributed by atoms with E-state index in [-0.39, 0.29) is 17.7 Å². The van der Waals surface area contributed by atoms with Crippen molar-refractivity contribution in [1.29, 1.82) is 0 Å². The zero-order valence-corrected chi connectivity index (χ0v) is 21.7. The second-order valence-corrected chi connectivity index (χ2v) is 9.93. The number of hydrogen-bond acceptors (Lipinski definition) is 6. The Balaban J connectivity index is 0.000000221. The number of hydrogen-bond donors (Lipinski definition) is 2. The van der Waals surface area contributed by atoms with Crippen LogP contribution < -0.4 is 5.32 Å². The lowest BCUT2D eigenvalue weighted by Crippen LogP contribution is -2.07. The number of fused-ring (bicyclic) bond motifs is 3. The highest BCUT2D eigenvalue weighted by Crippen LogP contribution is 2.38. The molecule has 1 amide bonds. The predicted molar refractivity (Wildman–Crippen MR) is 141 cm³/mol. The van der Waals surface area contributed by atoms with Crippen LogP contribution in [0, 0.1) is 20.8 Å². The van der Waals surface area contributed by atoms with Gasteiger partial charge in [-0.1, -0.05) is 23.7 Å². The molecule has 35 heavy (non-hydrogen) atoms. The number of amides is 1. The molecule has 1 aliphatic rings. The van der Waals surface area contributed by atoms with Crippen molar-refractivity contribution in [1.82, 2.24) is 14.8 Å². The minimum Gasteiger partial charge on any atom is -0.508 e. The molecular formula is C26H26ClN5O2S. The Morgan fingerprint density at radius 1 is 1.06 bits per heavy atom. The summed E-state index contributed by atoms with van der Waals surface area (Å²) in [6.45, 7) is 9.80. The molecule has 9 heteroatoms. The number of benzene rings is 2. The van der Waals surface area contributed by atoms with Crippen molar-refractivity contribution in [3.63, 3.8) is 0 Å². The lowest BCUT2D eigenvalue weighted by Gasteiger charge is -2.09. The second-order valence-electron chi connectivity index (χ2n) is 8.29. The van der Waals surface area contributed by atoms with Crippen LogP contribution in [0.2, 0.25) is 5.02 Å². The van der Waals surface area contributed by atoms with Crippen LogP contribution >= 0.6 is 22.9 Å². The summed E-state index contributed by atoms with van der Waals surface area (Å²) in [7, 11) is 0. The van der Waals surface area contributed by atoms with Gasteiger partial charge in [0.25, 0.3) is 0 Å². The fraction of sp³-hybridized carbons (Fsp3) is 0.231. The van der Waals surface area contributed by atoms with E-state index in [1.54, 1.807) is 23.5 Å². The normalized spacial score (nSPS) is 14.1. The number of aryl methyl sites for hydroxylation is 2. The lowest BCUT2D eigenvalue weighted by atomic mass is 10.00. The number of aliphatic imine (C=N–C) groups is 1. The zero-order valence-electron chi connectivity index (χ0n) is 20.1. The van der Waals surface area contributed by atoms with Gasteiger partial charge in [-0.05, 0) is 69.7 Å². The average molecular weight is 508 g/mol. The predicted octanol–water partition coefficient (Wildman–Crippen LogP) is 6.17. The number of nitrogens with zero attached hydrogens (tertiary/aromatic N) is 4. The number of phenolic OH excluding ortho intramolecular Hbond substituents is 1. The molecule has 7 nitrogen and oxygen atoms in total. The number of phenols is 1. The highest BCUT2D eigenvalue weighted by molar-refractivity contribution is 7.15. The molecule has 180 valence electrons. The third-order valence-corrected chi connectivity index (χ3v) is 7.10. The van der Waals surface area contributed by atoms with Gasteiger partial charge in [-0.2, -0.15) is 0 Å². The molecule has 0 saturated carbocycles. The minimum atomic E-state index is -0.115. The number of halogens is 1. The molecule has 0 spiro atoms. The van der Waals surface area contributed by atoms with Crippen molar-refractivity contribution in [2.75, 3.05) is 5.32 Å². The monoisotopic (exact) mass is 507 g/mol. The van der Waals surface area contributed by atoms with Gasteiger partial charge >= 0.3 is 0 Å². The summed E-state index contributed by atoms with van der Waals surface area (Å²) >= 11 is 7.83. The van der Waals surface area contributed by atoms with E-state index in [0.29, 0.717) is 5.69 Å². The van der Waals surface area contributed by atoms with Crippen molar-refractivity contribution in [3.05, 3.63) is 86.8 Å². The van der Waals surface area contributed by atoms with E-state index in [0.717, 1.165) is 32.9 Å². The fourth-order valence-corrected chi connectivity index (χ4v) is 5.18.